The predicted octanol–water partition coefficient (Wildman–Crippen LogP) is 2.50. The van der Waals surface area contributed by atoms with Crippen LogP contribution in [0.4, 0.5) is 0 Å². The summed E-state index contributed by atoms with van der Waals surface area (Å²) in [5, 5.41) is 2.78. The number of aryl methyl sites for hydroxylation is 1. The number of hydrogen-bond donors (Lipinski definition) is 1. The molecule has 1 amide bonds. The monoisotopic (exact) mass is 306 g/mol. The zero-order chi connectivity index (χ0) is 16.2. The molecule has 0 aliphatic carbocycles. The van der Waals surface area contributed by atoms with E-state index in [9.17, 15) is 4.79 Å². The Hall–Kier alpha value is -2.80. The number of fused-ring (bicyclic) bond motifs is 1. The van der Waals surface area contributed by atoms with Crippen LogP contribution in [0, 0.1) is 18.8 Å². The SMILES string of the molecule is CC#CC(=O)NC[C@@H]1Cc2cccc(-c3ncccc3C)c2O1. The summed E-state index contributed by atoms with van der Waals surface area (Å²) in [6.07, 6.45) is 2.49. The Balaban J connectivity index is 1.80. The van der Waals surface area contributed by atoms with Crippen LogP contribution in [0.25, 0.3) is 11.3 Å². The highest BCUT2D eigenvalue weighted by Crippen LogP contribution is 2.38. The summed E-state index contributed by atoms with van der Waals surface area (Å²) >= 11 is 0. The molecule has 1 aliphatic heterocycles. The van der Waals surface area contributed by atoms with E-state index in [-0.39, 0.29) is 12.0 Å². The largest absolute Gasteiger partial charge is 0.487 e. The first kappa shape index (κ1) is 15.1. The van der Waals surface area contributed by atoms with Gasteiger partial charge in [0.2, 0.25) is 0 Å². The summed E-state index contributed by atoms with van der Waals surface area (Å²) in [5.41, 5.74) is 4.20. The Labute approximate surface area is 135 Å². The van der Waals surface area contributed by atoms with Gasteiger partial charge in [-0.3, -0.25) is 9.78 Å². The van der Waals surface area contributed by atoms with Crippen molar-refractivity contribution in [1.82, 2.24) is 10.3 Å². The maximum Gasteiger partial charge on any atom is 0.296 e. The van der Waals surface area contributed by atoms with Gasteiger partial charge in [-0.05, 0) is 43.0 Å². The van der Waals surface area contributed by atoms with E-state index < -0.39 is 0 Å². The number of rotatable bonds is 3. The third-order valence-electron chi connectivity index (χ3n) is 3.82. The number of hydrogen-bond acceptors (Lipinski definition) is 3. The van der Waals surface area contributed by atoms with Gasteiger partial charge in [0.25, 0.3) is 5.91 Å². The number of carbonyl (C=O) groups is 1. The molecule has 0 spiro atoms. The van der Waals surface area contributed by atoms with Gasteiger partial charge < -0.3 is 10.1 Å². The average Bonchev–Trinajstić information content (AvgIpc) is 2.97. The standard InChI is InChI=1S/C19H18N2O2/c1-3-6-17(22)21-12-15-11-14-8-4-9-16(19(14)23-15)18-13(2)7-5-10-20-18/h4-5,7-10,15H,11-12H2,1-2H3,(H,21,22)/t15-/m0/s1. The number of pyridine rings is 1. The van der Waals surface area contributed by atoms with Crippen LogP contribution in [0.5, 0.6) is 5.75 Å². The molecule has 1 aromatic carbocycles. The molecular weight excluding hydrogens is 288 g/mol. The third kappa shape index (κ3) is 3.19. The lowest BCUT2D eigenvalue weighted by molar-refractivity contribution is -0.116. The highest BCUT2D eigenvalue weighted by atomic mass is 16.5. The Kier molecular flexibility index (Phi) is 4.29. The van der Waals surface area contributed by atoms with Crippen molar-refractivity contribution in [3.8, 4) is 28.8 Å². The van der Waals surface area contributed by atoms with Crippen LogP contribution in [-0.4, -0.2) is 23.5 Å². The lowest BCUT2D eigenvalue weighted by Gasteiger charge is -2.13. The lowest BCUT2D eigenvalue weighted by atomic mass is 10.0. The van der Waals surface area contributed by atoms with Gasteiger partial charge in [0.1, 0.15) is 11.9 Å². The molecule has 4 nitrogen and oxygen atoms in total. The molecule has 1 atom stereocenters. The van der Waals surface area contributed by atoms with Crippen molar-refractivity contribution in [2.75, 3.05) is 6.54 Å². The average molecular weight is 306 g/mol. The number of nitrogens with zero attached hydrogens (tertiary/aromatic N) is 1. The first-order chi connectivity index (χ1) is 11.2. The van der Waals surface area contributed by atoms with Crippen molar-refractivity contribution in [3.05, 3.63) is 47.7 Å². The molecule has 0 radical (unpaired) electrons. The number of benzene rings is 1. The number of para-hydroxylation sites is 1. The van der Waals surface area contributed by atoms with E-state index in [0.29, 0.717) is 6.54 Å². The number of amides is 1. The summed E-state index contributed by atoms with van der Waals surface area (Å²) < 4.78 is 6.07. The molecule has 4 heteroatoms. The van der Waals surface area contributed by atoms with Crippen LogP contribution in [0.15, 0.2) is 36.5 Å². The molecule has 2 aromatic rings. The number of nitrogens with one attached hydrogen (secondary N) is 1. The van der Waals surface area contributed by atoms with Crippen molar-refractivity contribution in [1.29, 1.82) is 0 Å². The molecule has 0 saturated carbocycles. The predicted molar refractivity (Wildman–Crippen MR) is 89.0 cm³/mol. The van der Waals surface area contributed by atoms with Crippen LogP contribution in [0.1, 0.15) is 18.1 Å². The highest BCUT2D eigenvalue weighted by Gasteiger charge is 2.26. The Morgan fingerprint density at radius 2 is 2.26 bits per heavy atom. The summed E-state index contributed by atoms with van der Waals surface area (Å²) in [4.78, 5) is 15.9. The van der Waals surface area contributed by atoms with Crippen molar-refractivity contribution in [3.63, 3.8) is 0 Å². The first-order valence-electron chi connectivity index (χ1n) is 7.60. The van der Waals surface area contributed by atoms with Crippen molar-refractivity contribution >= 4 is 5.91 Å². The van der Waals surface area contributed by atoms with E-state index in [0.717, 1.165) is 34.6 Å². The molecule has 0 saturated heterocycles. The van der Waals surface area contributed by atoms with Gasteiger partial charge in [-0.15, -0.1) is 0 Å². The lowest BCUT2D eigenvalue weighted by Crippen LogP contribution is -2.33. The van der Waals surface area contributed by atoms with E-state index in [4.69, 9.17) is 4.74 Å². The fraction of sp³-hybridized carbons (Fsp3) is 0.263. The zero-order valence-electron chi connectivity index (χ0n) is 13.2. The van der Waals surface area contributed by atoms with E-state index >= 15 is 0 Å². The van der Waals surface area contributed by atoms with E-state index in [1.165, 1.54) is 0 Å². The normalized spacial score (nSPS) is 15.1. The molecular formula is C19H18N2O2. The van der Waals surface area contributed by atoms with Gasteiger partial charge in [0.05, 0.1) is 12.2 Å². The molecule has 0 unspecified atom stereocenters. The number of carbonyl (C=O) groups excluding carboxylic acids is 1. The number of ether oxygens (including phenoxy) is 1. The Morgan fingerprint density at radius 1 is 1.39 bits per heavy atom. The summed E-state index contributed by atoms with van der Waals surface area (Å²) in [7, 11) is 0. The molecule has 1 aliphatic rings. The Morgan fingerprint density at radius 3 is 3.04 bits per heavy atom. The summed E-state index contributed by atoms with van der Waals surface area (Å²) in [5.74, 6) is 5.66. The van der Waals surface area contributed by atoms with Gasteiger partial charge in [-0.1, -0.05) is 24.1 Å². The minimum atomic E-state index is -0.271. The molecule has 0 bridgehead atoms. The molecule has 23 heavy (non-hydrogen) atoms. The smallest absolute Gasteiger partial charge is 0.296 e. The van der Waals surface area contributed by atoms with E-state index in [1.807, 2.05) is 31.2 Å². The van der Waals surface area contributed by atoms with Crippen LogP contribution >= 0.6 is 0 Å². The molecule has 3 rings (SSSR count). The first-order valence-corrected chi connectivity index (χ1v) is 7.60. The quantitative estimate of drug-likeness (QED) is 0.887. The second-order valence-electron chi connectivity index (χ2n) is 5.49. The topological polar surface area (TPSA) is 51.2 Å². The van der Waals surface area contributed by atoms with Crippen molar-refractivity contribution in [2.45, 2.75) is 26.4 Å². The third-order valence-corrected chi connectivity index (χ3v) is 3.82. The molecule has 1 aromatic heterocycles. The van der Waals surface area contributed by atoms with Gasteiger partial charge in [0, 0.05) is 18.2 Å². The van der Waals surface area contributed by atoms with Crippen LogP contribution in [-0.2, 0) is 11.2 Å². The molecule has 0 fully saturated rings. The minimum absolute atomic E-state index is 0.0715. The van der Waals surface area contributed by atoms with Gasteiger partial charge in [0.15, 0.2) is 0 Å². The minimum Gasteiger partial charge on any atom is -0.487 e. The maximum absolute atomic E-state index is 11.5. The van der Waals surface area contributed by atoms with Gasteiger partial charge in [-0.2, -0.15) is 0 Å². The van der Waals surface area contributed by atoms with Crippen LogP contribution < -0.4 is 10.1 Å². The fourth-order valence-corrected chi connectivity index (χ4v) is 2.77. The summed E-state index contributed by atoms with van der Waals surface area (Å²) in [6, 6.07) is 10.1. The zero-order valence-corrected chi connectivity index (χ0v) is 13.2. The van der Waals surface area contributed by atoms with Crippen molar-refractivity contribution in [2.24, 2.45) is 0 Å². The summed E-state index contributed by atoms with van der Waals surface area (Å²) in [6.45, 7) is 4.13. The van der Waals surface area contributed by atoms with Crippen molar-refractivity contribution < 1.29 is 9.53 Å². The molecule has 116 valence electrons. The molecule has 2 heterocycles. The second-order valence-corrected chi connectivity index (χ2v) is 5.49. The second kappa shape index (κ2) is 6.53. The Bertz CT molecular complexity index is 803. The van der Waals surface area contributed by atoms with Crippen LogP contribution in [0.3, 0.4) is 0 Å². The molecule has 1 N–H and O–H groups in total. The highest BCUT2D eigenvalue weighted by molar-refractivity contribution is 5.93. The van der Waals surface area contributed by atoms with Gasteiger partial charge in [-0.25, -0.2) is 0 Å². The van der Waals surface area contributed by atoms with E-state index in [2.05, 4.69) is 28.2 Å². The maximum atomic E-state index is 11.5. The van der Waals surface area contributed by atoms with Gasteiger partial charge >= 0.3 is 0 Å². The number of aromatic nitrogens is 1. The van der Waals surface area contributed by atoms with Crippen LogP contribution in [0.2, 0.25) is 0 Å². The fourth-order valence-electron chi connectivity index (χ4n) is 2.77. The van der Waals surface area contributed by atoms with E-state index in [1.54, 1.807) is 13.1 Å².